The molecule has 27 heavy (non-hydrogen) atoms. The zero-order valence-corrected chi connectivity index (χ0v) is 14.9. The number of benzene rings is 1. The first-order valence-electron chi connectivity index (χ1n) is 8.14. The zero-order valence-electron chi connectivity index (χ0n) is 14.9. The van der Waals surface area contributed by atoms with Gasteiger partial charge in [-0.3, -0.25) is 16.3 Å². The number of carbonyl (C=O) groups is 1. The van der Waals surface area contributed by atoms with E-state index in [4.69, 9.17) is 5.84 Å². The van der Waals surface area contributed by atoms with Crippen molar-refractivity contribution in [2.24, 2.45) is 5.84 Å². The number of pyridine rings is 1. The van der Waals surface area contributed by atoms with Gasteiger partial charge in [0.1, 0.15) is 0 Å². The predicted octanol–water partition coefficient (Wildman–Crippen LogP) is 2.80. The van der Waals surface area contributed by atoms with E-state index >= 15 is 0 Å². The van der Waals surface area contributed by atoms with Gasteiger partial charge in [0.2, 0.25) is 0 Å². The molecular weight excluding hydrogens is 361 g/mol. The van der Waals surface area contributed by atoms with Crippen molar-refractivity contribution in [1.29, 1.82) is 0 Å². The van der Waals surface area contributed by atoms with Crippen LogP contribution in [-0.2, 0) is 19.1 Å². The van der Waals surface area contributed by atoms with Crippen LogP contribution in [0.4, 0.5) is 29.3 Å². The quantitative estimate of drug-likeness (QED) is 0.455. The summed E-state index contributed by atoms with van der Waals surface area (Å²) in [5, 5.41) is 2.65. The van der Waals surface area contributed by atoms with Crippen LogP contribution in [0.25, 0.3) is 0 Å². The van der Waals surface area contributed by atoms with Gasteiger partial charge in [0.05, 0.1) is 29.2 Å². The average Bonchev–Trinajstić information content (AvgIpc) is 2.61. The van der Waals surface area contributed by atoms with Crippen LogP contribution in [0.3, 0.4) is 0 Å². The van der Waals surface area contributed by atoms with Crippen LogP contribution in [-0.4, -0.2) is 18.1 Å². The minimum atomic E-state index is -4.43. The third kappa shape index (κ3) is 5.31. The van der Waals surface area contributed by atoms with Crippen LogP contribution in [0.2, 0.25) is 0 Å². The molecule has 1 aromatic carbocycles. The summed E-state index contributed by atoms with van der Waals surface area (Å²) in [5.41, 5.74) is 5.84. The molecule has 5 N–H and O–H groups in total. The minimum Gasteiger partial charge on any atom is -0.367 e. The van der Waals surface area contributed by atoms with E-state index in [1.54, 1.807) is 24.1 Å². The van der Waals surface area contributed by atoms with Crippen molar-refractivity contribution in [3.05, 3.63) is 53.3 Å². The van der Waals surface area contributed by atoms with Crippen molar-refractivity contribution in [2.45, 2.75) is 26.1 Å². The molecule has 0 radical (unpaired) electrons. The first-order valence-corrected chi connectivity index (χ1v) is 8.14. The Morgan fingerprint density at radius 2 is 2.04 bits per heavy atom. The van der Waals surface area contributed by atoms with E-state index in [-0.39, 0.29) is 12.2 Å². The molecule has 0 aliphatic rings. The van der Waals surface area contributed by atoms with E-state index in [9.17, 15) is 18.0 Å². The maximum Gasteiger partial charge on any atom is 0.416 e. The maximum atomic E-state index is 12.9. The van der Waals surface area contributed by atoms with Crippen LogP contribution in [0.5, 0.6) is 0 Å². The van der Waals surface area contributed by atoms with E-state index in [2.05, 4.69) is 15.7 Å². The number of urea groups is 1. The van der Waals surface area contributed by atoms with E-state index in [0.717, 1.165) is 23.9 Å². The number of halogens is 3. The molecule has 7 nitrogen and oxygen atoms in total. The number of hydrogen-bond acceptors (Lipinski definition) is 5. The minimum absolute atomic E-state index is 0.131. The number of hydrogen-bond donors (Lipinski definition) is 4. The number of nitrogens with two attached hydrogens (primary N) is 1. The molecule has 0 unspecified atom stereocenters. The summed E-state index contributed by atoms with van der Waals surface area (Å²) in [6, 6.07) is 6.74. The molecule has 2 amide bonds. The fourth-order valence-electron chi connectivity index (χ4n) is 2.71. The summed E-state index contributed by atoms with van der Waals surface area (Å²) < 4.78 is 38.7. The molecule has 0 bridgehead atoms. The fraction of sp³-hybridized carbons (Fsp3) is 0.294. The van der Waals surface area contributed by atoms with Crippen molar-refractivity contribution in [2.75, 3.05) is 17.3 Å². The summed E-state index contributed by atoms with van der Waals surface area (Å²) in [6.07, 6.45) is -2.63. The van der Waals surface area contributed by atoms with Crippen molar-refractivity contribution in [1.82, 2.24) is 15.9 Å². The van der Waals surface area contributed by atoms with Crippen LogP contribution >= 0.6 is 0 Å². The topological polar surface area (TPSA) is 95.3 Å². The number of aromatic nitrogens is 1. The molecule has 0 fully saturated rings. The zero-order chi connectivity index (χ0) is 20.0. The second-order valence-electron chi connectivity index (χ2n) is 5.78. The number of anilines is 2. The van der Waals surface area contributed by atoms with E-state index < -0.39 is 17.8 Å². The maximum absolute atomic E-state index is 12.9. The molecule has 1 heterocycles. The molecule has 0 atom stereocenters. The number of nitrogens with one attached hydrogen (secondary N) is 3. The molecule has 1 aromatic heterocycles. The first-order chi connectivity index (χ1) is 12.8. The molecule has 146 valence electrons. The van der Waals surface area contributed by atoms with Crippen LogP contribution in [0.1, 0.15) is 23.7 Å². The number of amides is 2. The Morgan fingerprint density at radius 3 is 2.67 bits per heavy atom. The lowest BCUT2D eigenvalue weighted by Crippen LogP contribution is -2.44. The summed E-state index contributed by atoms with van der Waals surface area (Å²) in [4.78, 5) is 17.5. The molecule has 10 heteroatoms. The second kappa shape index (κ2) is 8.69. The molecule has 2 aromatic rings. The summed E-state index contributed by atoms with van der Waals surface area (Å²) in [5.74, 6) is 5.06. The van der Waals surface area contributed by atoms with E-state index in [1.165, 1.54) is 0 Å². The number of nitrogens with zero attached hydrogens (tertiary/aromatic N) is 2. The number of carbonyl (C=O) groups excluding carboxylic acids is 1. The van der Waals surface area contributed by atoms with Gasteiger partial charge in [-0.1, -0.05) is 19.1 Å². The Labute approximate surface area is 154 Å². The first kappa shape index (κ1) is 20.5. The Morgan fingerprint density at radius 1 is 1.30 bits per heavy atom. The number of aryl methyl sites for hydroxylation is 1. The molecule has 0 spiro atoms. The van der Waals surface area contributed by atoms with Crippen LogP contribution in [0.15, 0.2) is 36.5 Å². The number of rotatable bonds is 6. The van der Waals surface area contributed by atoms with Crippen molar-refractivity contribution >= 4 is 17.4 Å². The van der Waals surface area contributed by atoms with Crippen LogP contribution < -0.4 is 27.0 Å². The van der Waals surface area contributed by atoms with Gasteiger partial charge in [-0.25, -0.2) is 4.79 Å². The fourth-order valence-corrected chi connectivity index (χ4v) is 2.71. The highest BCUT2D eigenvalue weighted by Gasteiger charge is 2.30. The van der Waals surface area contributed by atoms with Crippen molar-refractivity contribution < 1.29 is 18.0 Å². The SMILES string of the molecule is CCc1cccc(NC(=O)NNN)c1N(C)Cc1cc(C(F)(F)F)ccn1. The molecular formula is C17H21F3N6O. The van der Waals surface area contributed by atoms with E-state index in [1.807, 2.05) is 18.5 Å². The lowest BCUT2D eigenvalue weighted by atomic mass is 10.1. The monoisotopic (exact) mass is 382 g/mol. The van der Waals surface area contributed by atoms with Gasteiger partial charge in [-0.05, 0) is 30.2 Å². The lowest BCUT2D eigenvalue weighted by Gasteiger charge is -2.25. The molecule has 0 aliphatic carbocycles. The van der Waals surface area contributed by atoms with Crippen molar-refractivity contribution in [3.8, 4) is 0 Å². The van der Waals surface area contributed by atoms with Gasteiger partial charge in [0.25, 0.3) is 0 Å². The lowest BCUT2D eigenvalue weighted by molar-refractivity contribution is -0.137. The summed E-state index contributed by atoms with van der Waals surface area (Å²) >= 11 is 0. The van der Waals surface area contributed by atoms with Gasteiger partial charge in [0.15, 0.2) is 0 Å². The summed E-state index contributed by atoms with van der Waals surface area (Å²) in [6.45, 7) is 2.08. The van der Waals surface area contributed by atoms with Crippen molar-refractivity contribution in [3.63, 3.8) is 0 Å². The molecule has 0 aliphatic heterocycles. The van der Waals surface area contributed by atoms with Gasteiger partial charge in [-0.15, -0.1) is 0 Å². The van der Waals surface area contributed by atoms with E-state index in [0.29, 0.717) is 17.8 Å². The van der Waals surface area contributed by atoms with Gasteiger partial charge >= 0.3 is 12.2 Å². The standard InChI is InChI=1S/C17H21F3N6O/c1-3-11-5-4-6-14(23-16(27)24-25-21)15(11)26(2)10-13-9-12(7-8-22-13)17(18,19)20/h4-9,25H,3,10,21H2,1-2H3,(H2,23,24,27). The highest BCUT2D eigenvalue weighted by Crippen LogP contribution is 2.32. The Balaban J connectivity index is 2.32. The van der Waals surface area contributed by atoms with Crippen LogP contribution in [0, 0.1) is 0 Å². The summed E-state index contributed by atoms with van der Waals surface area (Å²) in [7, 11) is 1.72. The Bertz CT molecular complexity index is 796. The average molecular weight is 382 g/mol. The van der Waals surface area contributed by atoms with Gasteiger partial charge in [-0.2, -0.15) is 18.7 Å². The number of hydrazine groups is 2. The Hall–Kier alpha value is -2.85. The number of alkyl halides is 3. The van der Waals surface area contributed by atoms with Gasteiger partial charge < -0.3 is 10.2 Å². The van der Waals surface area contributed by atoms with Gasteiger partial charge in [0, 0.05) is 13.2 Å². The molecule has 2 rings (SSSR count). The third-order valence-electron chi connectivity index (χ3n) is 3.86. The molecule has 0 saturated carbocycles. The smallest absolute Gasteiger partial charge is 0.367 e. The largest absolute Gasteiger partial charge is 0.416 e. The highest BCUT2D eigenvalue weighted by molar-refractivity contribution is 5.93. The third-order valence-corrected chi connectivity index (χ3v) is 3.86. The second-order valence-corrected chi connectivity index (χ2v) is 5.78. The Kier molecular flexibility index (Phi) is 6.59. The highest BCUT2D eigenvalue weighted by atomic mass is 19.4. The number of para-hydroxylation sites is 1. The molecule has 0 saturated heterocycles. The predicted molar refractivity (Wildman–Crippen MR) is 96.6 cm³/mol. The normalized spacial score (nSPS) is 11.2.